The lowest BCUT2D eigenvalue weighted by molar-refractivity contribution is -0.171. The van der Waals surface area contributed by atoms with E-state index >= 15 is 0 Å². The Labute approximate surface area is 166 Å². The summed E-state index contributed by atoms with van der Waals surface area (Å²) in [7, 11) is 0. The predicted molar refractivity (Wildman–Crippen MR) is 104 cm³/mol. The Kier molecular flexibility index (Phi) is 3.88. The minimum atomic E-state index is -0.518. The summed E-state index contributed by atoms with van der Waals surface area (Å²) in [6.45, 7) is -0.326. The van der Waals surface area contributed by atoms with Gasteiger partial charge in [-0.1, -0.05) is 0 Å². The summed E-state index contributed by atoms with van der Waals surface area (Å²) < 4.78 is 5.42. The Morgan fingerprint density at radius 1 is 1.14 bits per heavy atom. The number of aromatic nitrogens is 2. The van der Waals surface area contributed by atoms with E-state index in [1.165, 1.54) is 0 Å². The van der Waals surface area contributed by atoms with Crippen LogP contribution < -0.4 is 11.0 Å². The first-order chi connectivity index (χ1) is 13.3. The second-order valence-corrected chi connectivity index (χ2v) is 9.66. The molecule has 2 unspecified atom stereocenters. The maximum absolute atomic E-state index is 12.9. The van der Waals surface area contributed by atoms with Crippen molar-refractivity contribution in [2.24, 2.45) is 17.3 Å². The van der Waals surface area contributed by atoms with Crippen LogP contribution in [0.1, 0.15) is 38.5 Å². The number of fused-ring (bicyclic) bond motifs is 1. The first kappa shape index (κ1) is 17.8. The van der Waals surface area contributed by atoms with E-state index in [-0.39, 0.29) is 23.1 Å². The van der Waals surface area contributed by atoms with E-state index in [2.05, 4.69) is 15.3 Å². The molecule has 0 spiro atoms. The molecule has 4 aliphatic carbocycles. The van der Waals surface area contributed by atoms with Gasteiger partial charge in [-0.15, -0.1) is 11.6 Å². The number of rotatable bonds is 4. The zero-order valence-corrected chi connectivity index (χ0v) is 16.1. The van der Waals surface area contributed by atoms with Crippen molar-refractivity contribution in [2.45, 2.75) is 43.4 Å². The number of H-pyrrole nitrogens is 2. The molecule has 0 saturated heterocycles. The van der Waals surface area contributed by atoms with E-state index in [0.29, 0.717) is 35.0 Å². The third-order valence-electron chi connectivity index (χ3n) is 6.56. The Balaban J connectivity index is 1.22. The van der Waals surface area contributed by atoms with Crippen molar-refractivity contribution in [3.8, 4) is 0 Å². The monoisotopic (exact) mass is 403 g/mol. The van der Waals surface area contributed by atoms with Crippen LogP contribution >= 0.6 is 11.6 Å². The highest BCUT2D eigenvalue weighted by atomic mass is 35.5. The molecule has 8 heteroatoms. The number of hydrogen-bond donors (Lipinski definition) is 3. The first-order valence-corrected chi connectivity index (χ1v) is 10.1. The quantitative estimate of drug-likeness (QED) is 0.539. The van der Waals surface area contributed by atoms with Crippen LogP contribution in [0.15, 0.2) is 23.0 Å². The van der Waals surface area contributed by atoms with Gasteiger partial charge >= 0.3 is 11.7 Å². The third-order valence-corrected chi connectivity index (χ3v) is 7.00. The van der Waals surface area contributed by atoms with Gasteiger partial charge in [-0.3, -0.25) is 9.59 Å². The number of carbonyl (C=O) groups is 2. The van der Waals surface area contributed by atoms with Gasteiger partial charge in [0.15, 0.2) is 6.61 Å². The standard InChI is InChI=1S/C20H22ClN3O4/c21-20-7-11-3-12(8-20)6-19(5-11,10-20)17(26)28-9-16(25)22-13-1-2-14-15(4-13)24-18(27)23-14/h1-2,4,11-12H,3,5-10H2,(H,22,25)(H2,23,24,27)/t11-,12+,19?,20?. The van der Waals surface area contributed by atoms with Crippen molar-refractivity contribution in [2.75, 3.05) is 11.9 Å². The highest BCUT2D eigenvalue weighted by Gasteiger charge is 2.60. The number of aromatic amines is 2. The minimum absolute atomic E-state index is 0.270. The van der Waals surface area contributed by atoms with Crippen LogP contribution in [0.2, 0.25) is 0 Å². The smallest absolute Gasteiger partial charge is 0.323 e. The van der Waals surface area contributed by atoms with E-state index in [9.17, 15) is 14.4 Å². The summed E-state index contributed by atoms with van der Waals surface area (Å²) in [6.07, 6.45) is 5.46. The van der Waals surface area contributed by atoms with E-state index in [0.717, 1.165) is 32.1 Å². The molecule has 1 amide bonds. The minimum Gasteiger partial charge on any atom is -0.455 e. The van der Waals surface area contributed by atoms with E-state index in [1.54, 1.807) is 18.2 Å². The fraction of sp³-hybridized carbons (Fsp3) is 0.550. The van der Waals surface area contributed by atoms with Crippen molar-refractivity contribution >= 4 is 40.2 Å². The van der Waals surface area contributed by atoms with Gasteiger partial charge in [-0.05, 0) is 68.6 Å². The van der Waals surface area contributed by atoms with E-state index < -0.39 is 11.3 Å². The largest absolute Gasteiger partial charge is 0.455 e. The van der Waals surface area contributed by atoms with Gasteiger partial charge in [0.2, 0.25) is 0 Å². The van der Waals surface area contributed by atoms with Crippen molar-refractivity contribution in [3.63, 3.8) is 0 Å². The van der Waals surface area contributed by atoms with Crippen molar-refractivity contribution in [1.29, 1.82) is 0 Å². The van der Waals surface area contributed by atoms with Crippen LogP contribution in [-0.2, 0) is 14.3 Å². The fourth-order valence-corrected chi connectivity index (χ4v) is 6.67. The van der Waals surface area contributed by atoms with Crippen molar-refractivity contribution in [3.05, 3.63) is 28.7 Å². The van der Waals surface area contributed by atoms with Crippen molar-refractivity contribution in [1.82, 2.24) is 9.97 Å². The molecular weight excluding hydrogens is 382 g/mol. The molecule has 4 saturated carbocycles. The van der Waals surface area contributed by atoms with Gasteiger partial charge < -0.3 is 20.0 Å². The molecule has 4 atom stereocenters. The maximum atomic E-state index is 12.9. The normalized spacial score (nSPS) is 33.2. The summed E-state index contributed by atoms with van der Waals surface area (Å²) >= 11 is 6.77. The highest BCUT2D eigenvalue weighted by Crippen LogP contribution is 2.64. The average Bonchev–Trinajstić information content (AvgIpc) is 2.96. The van der Waals surface area contributed by atoms with E-state index in [4.69, 9.17) is 16.3 Å². The molecule has 2 aromatic rings. The number of halogens is 1. The molecule has 0 aliphatic heterocycles. The van der Waals surface area contributed by atoms with Gasteiger partial charge in [-0.2, -0.15) is 0 Å². The Morgan fingerprint density at radius 3 is 2.57 bits per heavy atom. The highest BCUT2D eigenvalue weighted by molar-refractivity contribution is 6.24. The lowest BCUT2D eigenvalue weighted by Crippen LogP contribution is -2.56. The molecule has 1 heterocycles. The second-order valence-electron chi connectivity index (χ2n) is 8.86. The summed E-state index contributed by atoms with van der Waals surface area (Å²) in [6, 6.07) is 5.04. The first-order valence-electron chi connectivity index (χ1n) is 9.71. The van der Waals surface area contributed by atoms with Gasteiger partial charge in [0.1, 0.15) is 0 Å². The molecule has 1 aromatic carbocycles. The van der Waals surface area contributed by atoms with Crippen molar-refractivity contribution < 1.29 is 14.3 Å². The Morgan fingerprint density at radius 2 is 1.86 bits per heavy atom. The van der Waals surface area contributed by atoms with Gasteiger partial charge in [0, 0.05) is 10.6 Å². The number of alkyl halides is 1. The van der Waals surface area contributed by atoms with Crippen LogP contribution in [0.25, 0.3) is 11.0 Å². The molecule has 4 fully saturated rings. The number of benzene rings is 1. The van der Waals surface area contributed by atoms with Crippen LogP contribution in [0.3, 0.4) is 0 Å². The number of hydrogen-bond acceptors (Lipinski definition) is 4. The molecule has 4 bridgehead atoms. The topological polar surface area (TPSA) is 104 Å². The molecule has 4 aliphatic rings. The molecule has 3 N–H and O–H groups in total. The molecule has 0 radical (unpaired) electrons. The molecule has 28 heavy (non-hydrogen) atoms. The number of anilines is 1. The lowest BCUT2D eigenvalue weighted by atomic mass is 9.49. The third kappa shape index (κ3) is 3.02. The fourth-order valence-electron chi connectivity index (χ4n) is 5.98. The second kappa shape index (κ2) is 6.11. The molecular formula is C20H22ClN3O4. The number of ether oxygens (including phenoxy) is 1. The average molecular weight is 404 g/mol. The molecule has 7 nitrogen and oxygen atoms in total. The van der Waals surface area contributed by atoms with Gasteiger partial charge in [-0.25, -0.2) is 4.79 Å². The lowest BCUT2D eigenvalue weighted by Gasteiger charge is -2.58. The Bertz CT molecular complexity index is 1010. The number of nitrogens with one attached hydrogen (secondary N) is 3. The summed E-state index contributed by atoms with van der Waals surface area (Å²) in [5, 5.41) is 2.70. The Hall–Kier alpha value is -2.28. The number of imidazole rings is 1. The number of esters is 1. The zero-order chi connectivity index (χ0) is 19.5. The van der Waals surface area contributed by atoms with E-state index in [1.807, 2.05) is 0 Å². The SMILES string of the molecule is O=C(COC(=O)C12C[C@@H]3C[C@@H](CC(Cl)(C3)C1)C2)Nc1ccc2[nH]c(=O)[nH]c2c1. The molecule has 148 valence electrons. The van der Waals surface area contributed by atoms with Gasteiger partial charge in [0.25, 0.3) is 5.91 Å². The van der Waals surface area contributed by atoms with Crippen LogP contribution in [-0.4, -0.2) is 33.3 Å². The predicted octanol–water partition coefficient (Wildman–Crippen LogP) is 2.92. The summed E-state index contributed by atoms with van der Waals surface area (Å²) in [5.74, 6) is 0.300. The van der Waals surface area contributed by atoms with Crippen LogP contribution in [0, 0.1) is 17.3 Å². The molecule has 1 aromatic heterocycles. The maximum Gasteiger partial charge on any atom is 0.323 e. The zero-order valence-electron chi connectivity index (χ0n) is 15.3. The summed E-state index contributed by atoms with van der Waals surface area (Å²) in [5.41, 5.74) is 0.959. The van der Waals surface area contributed by atoms with Crippen LogP contribution in [0.5, 0.6) is 0 Å². The molecule has 6 rings (SSSR count). The number of amides is 1. The number of carbonyl (C=O) groups excluding carboxylic acids is 2. The van der Waals surface area contributed by atoms with Gasteiger partial charge in [0.05, 0.1) is 16.4 Å². The summed E-state index contributed by atoms with van der Waals surface area (Å²) in [4.78, 5) is 41.5. The van der Waals surface area contributed by atoms with Crippen LogP contribution in [0.4, 0.5) is 5.69 Å².